The normalized spacial score (nSPS) is 22.9. The van der Waals surface area contributed by atoms with Crippen LogP contribution in [0.1, 0.15) is 48.0 Å². The number of methoxy groups -OCH3 is 1. The highest BCUT2D eigenvalue weighted by molar-refractivity contribution is 8.06. The molecule has 1 atom stereocenters. The van der Waals surface area contributed by atoms with Gasteiger partial charge in [0, 0.05) is 7.11 Å². The minimum atomic E-state index is 0.191. The van der Waals surface area contributed by atoms with Crippen LogP contribution in [0.2, 0.25) is 0 Å². The highest BCUT2D eigenvalue weighted by Crippen LogP contribution is 2.47. The van der Waals surface area contributed by atoms with Crippen LogP contribution in [-0.2, 0) is 4.74 Å². The predicted octanol–water partition coefficient (Wildman–Crippen LogP) is 5.00. The second-order valence-electron chi connectivity index (χ2n) is 6.71. The Bertz CT molecular complexity index is 326. The van der Waals surface area contributed by atoms with Crippen LogP contribution in [0.5, 0.6) is 0 Å². The summed E-state index contributed by atoms with van der Waals surface area (Å²) in [5.74, 6) is 0. The van der Waals surface area contributed by atoms with Crippen molar-refractivity contribution < 1.29 is 4.74 Å². The van der Waals surface area contributed by atoms with Crippen molar-refractivity contribution in [3.63, 3.8) is 0 Å². The van der Waals surface area contributed by atoms with Crippen LogP contribution in [0.25, 0.3) is 0 Å². The van der Waals surface area contributed by atoms with Gasteiger partial charge in [-0.2, -0.15) is 0 Å². The molecule has 2 heteroatoms. The molecule has 1 nitrogen and oxygen atoms in total. The van der Waals surface area contributed by atoms with E-state index in [1.54, 1.807) is 7.11 Å². The average Bonchev–Trinajstić information content (AvgIpc) is 2.37. The van der Waals surface area contributed by atoms with E-state index >= 15 is 0 Å². The van der Waals surface area contributed by atoms with Crippen LogP contribution in [0.3, 0.4) is 0 Å². The van der Waals surface area contributed by atoms with Crippen LogP contribution in [0.15, 0.2) is 22.0 Å². The lowest BCUT2D eigenvalue weighted by Gasteiger charge is -2.28. The molecule has 0 N–H and O–H groups in total. The third-order valence-corrected chi connectivity index (χ3v) is 4.84. The van der Waals surface area contributed by atoms with Crippen LogP contribution < -0.4 is 0 Å². The van der Waals surface area contributed by atoms with E-state index in [0.717, 1.165) is 6.42 Å². The Morgan fingerprint density at radius 2 is 1.59 bits per heavy atom. The topological polar surface area (TPSA) is 9.23 Å². The van der Waals surface area contributed by atoms with Crippen LogP contribution in [0.4, 0.5) is 0 Å². The monoisotopic (exact) mass is 254 g/mol. The van der Waals surface area contributed by atoms with Crippen molar-refractivity contribution in [2.75, 3.05) is 7.11 Å². The molecule has 0 spiro atoms. The molecule has 0 aromatic heterocycles. The maximum Gasteiger partial charge on any atom is 0.0797 e. The fourth-order valence-electron chi connectivity index (χ4n) is 1.68. The Morgan fingerprint density at radius 1 is 1.06 bits per heavy atom. The largest absolute Gasteiger partial charge is 0.377 e. The Labute approximate surface area is 111 Å². The second kappa shape index (κ2) is 5.19. The second-order valence-corrected chi connectivity index (χ2v) is 7.79. The smallest absolute Gasteiger partial charge is 0.0797 e. The summed E-state index contributed by atoms with van der Waals surface area (Å²) in [6.45, 7) is 13.6. The van der Waals surface area contributed by atoms with Gasteiger partial charge >= 0.3 is 0 Å². The molecule has 0 saturated heterocycles. The zero-order chi connectivity index (χ0) is 13.3. The summed E-state index contributed by atoms with van der Waals surface area (Å²) in [6, 6.07) is 0. The Balaban J connectivity index is 3.06. The Hall–Kier alpha value is -0.210. The van der Waals surface area contributed by atoms with Crippen molar-refractivity contribution in [3.05, 3.63) is 22.0 Å². The van der Waals surface area contributed by atoms with Gasteiger partial charge in [-0.25, -0.2) is 0 Å². The Kier molecular flexibility index (Phi) is 4.54. The van der Waals surface area contributed by atoms with Gasteiger partial charge in [0.15, 0.2) is 0 Å². The minimum Gasteiger partial charge on any atom is -0.377 e. The molecule has 0 aromatic carbocycles. The van der Waals surface area contributed by atoms with E-state index < -0.39 is 0 Å². The number of thioether (sulfide) groups is 1. The van der Waals surface area contributed by atoms with Gasteiger partial charge in [-0.1, -0.05) is 59.4 Å². The zero-order valence-electron chi connectivity index (χ0n) is 12.3. The summed E-state index contributed by atoms with van der Waals surface area (Å²) in [7, 11) is 1.79. The van der Waals surface area contributed by atoms with Gasteiger partial charge in [0.25, 0.3) is 0 Å². The number of ether oxygens (including phenoxy) is 1. The SMILES string of the molecule is COC1C=C(C(C)(C)C)SC(C(C)(C)C)=CC1. The molecule has 0 aromatic rings. The van der Waals surface area contributed by atoms with Crippen molar-refractivity contribution in [2.45, 2.75) is 54.1 Å². The molecule has 1 heterocycles. The molecule has 98 valence electrons. The van der Waals surface area contributed by atoms with Crippen LogP contribution in [-0.4, -0.2) is 13.2 Å². The Morgan fingerprint density at radius 3 is 2.00 bits per heavy atom. The molecule has 1 rings (SSSR count). The molecule has 0 aliphatic carbocycles. The van der Waals surface area contributed by atoms with E-state index in [0.29, 0.717) is 0 Å². The highest BCUT2D eigenvalue weighted by atomic mass is 32.2. The van der Waals surface area contributed by atoms with Gasteiger partial charge in [0.2, 0.25) is 0 Å². The van der Waals surface area contributed by atoms with Crippen LogP contribution >= 0.6 is 11.8 Å². The summed E-state index contributed by atoms with van der Waals surface area (Å²) in [5.41, 5.74) is 0.410. The first-order chi connectivity index (χ1) is 7.64. The number of rotatable bonds is 1. The molecule has 0 radical (unpaired) electrons. The molecular formula is C15H26OS. The standard InChI is InChI=1S/C15H26OS/c1-14(2,3)12-9-8-11(16-7)10-13(17-12)15(4,5)6/h9-11H,8H2,1-7H3. The molecule has 1 aliphatic heterocycles. The maximum absolute atomic E-state index is 5.52. The van der Waals surface area contributed by atoms with Crippen molar-refractivity contribution in [2.24, 2.45) is 10.8 Å². The fraction of sp³-hybridized carbons (Fsp3) is 0.733. The van der Waals surface area contributed by atoms with E-state index in [1.807, 2.05) is 11.8 Å². The van der Waals surface area contributed by atoms with E-state index in [-0.39, 0.29) is 16.9 Å². The predicted molar refractivity (Wildman–Crippen MR) is 78.1 cm³/mol. The average molecular weight is 254 g/mol. The lowest BCUT2D eigenvalue weighted by molar-refractivity contribution is 0.142. The third-order valence-electron chi connectivity index (χ3n) is 2.87. The maximum atomic E-state index is 5.52. The number of allylic oxidation sites excluding steroid dienone is 2. The lowest BCUT2D eigenvalue weighted by atomic mass is 9.94. The number of hydrogen-bond donors (Lipinski definition) is 0. The first-order valence-corrected chi connectivity index (χ1v) is 7.10. The van der Waals surface area contributed by atoms with E-state index in [2.05, 4.69) is 53.7 Å². The van der Waals surface area contributed by atoms with Crippen molar-refractivity contribution >= 4 is 11.8 Å². The van der Waals surface area contributed by atoms with Gasteiger partial charge < -0.3 is 4.74 Å². The lowest BCUT2D eigenvalue weighted by Crippen LogP contribution is -2.12. The molecular weight excluding hydrogens is 228 g/mol. The van der Waals surface area contributed by atoms with Gasteiger partial charge in [-0.05, 0) is 33.1 Å². The minimum absolute atomic E-state index is 0.191. The first kappa shape index (κ1) is 14.8. The van der Waals surface area contributed by atoms with E-state index in [1.165, 1.54) is 9.81 Å². The van der Waals surface area contributed by atoms with Gasteiger partial charge in [-0.15, -0.1) is 0 Å². The summed E-state index contributed by atoms with van der Waals surface area (Å²) < 4.78 is 5.52. The molecule has 0 amide bonds. The van der Waals surface area contributed by atoms with E-state index in [4.69, 9.17) is 4.74 Å². The molecule has 0 fully saturated rings. The number of hydrogen-bond acceptors (Lipinski definition) is 2. The summed E-state index contributed by atoms with van der Waals surface area (Å²) >= 11 is 1.93. The highest BCUT2D eigenvalue weighted by Gasteiger charge is 2.27. The van der Waals surface area contributed by atoms with Crippen molar-refractivity contribution in [3.8, 4) is 0 Å². The van der Waals surface area contributed by atoms with Gasteiger partial charge in [-0.3, -0.25) is 0 Å². The summed E-state index contributed by atoms with van der Waals surface area (Å²) in [4.78, 5) is 2.88. The first-order valence-electron chi connectivity index (χ1n) is 6.28. The quantitative estimate of drug-likeness (QED) is 0.651. The molecule has 17 heavy (non-hydrogen) atoms. The molecule has 0 bridgehead atoms. The summed E-state index contributed by atoms with van der Waals surface area (Å²) in [5, 5.41) is 0. The third kappa shape index (κ3) is 4.18. The van der Waals surface area contributed by atoms with Crippen molar-refractivity contribution in [1.29, 1.82) is 0 Å². The van der Waals surface area contributed by atoms with Crippen LogP contribution in [0, 0.1) is 10.8 Å². The summed E-state index contributed by atoms with van der Waals surface area (Å²) in [6.07, 6.45) is 5.83. The molecule has 1 aliphatic rings. The fourth-order valence-corrected chi connectivity index (χ4v) is 2.93. The van der Waals surface area contributed by atoms with Gasteiger partial charge in [0.1, 0.15) is 0 Å². The van der Waals surface area contributed by atoms with E-state index in [9.17, 15) is 0 Å². The zero-order valence-corrected chi connectivity index (χ0v) is 13.1. The molecule has 0 saturated carbocycles. The van der Waals surface area contributed by atoms with Crippen molar-refractivity contribution in [1.82, 2.24) is 0 Å². The van der Waals surface area contributed by atoms with Gasteiger partial charge in [0.05, 0.1) is 6.10 Å². The molecule has 1 unspecified atom stereocenters.